The van der Waals surface area contributed by atoms with Crippen molar-refractivity contribution in [2.24, 2.45) is 0 Å². The van der Waals surface area contributed by atoms with Gasteiger partial charge in [-0.05, 0) is 46.9 Å². The molecule has 0 saturated carbocycles. The van der Waals surface area contributed by atoms with E-state index in [2.05, 4.69) is 34.9 Å². The molecule has 34 heavy (non-hydrogen) atoms. The van der Waals surface area contributed by atoms with E-state index >= 15 is 0 Å². The Bertz CT molecular complexity index is 1160. The molecule has 2 amide bonds. The topological polar surface area (TPSA) is 105 Å². The number of carbonyl (C=O) groups is 3. The van der Waals surface area contributed by atoms with E-state index in [0.29, 0.717) is 11.3 Å². The lowest BCUT2D eigenvalue weighted by molar-refractivity contribution is -0.136. The predicted molar refractivity (Wildman–Crippen MR) is 129 cm³/mol. The zero-order chi connectivity index (χ0) is 24.1. The fraction of sp³-hybridized carbons (Fsp3) is 0.222. The summed E-state index contributed by atoms with van der Waals surface area (Å²) in [5.41, 5.74) is 5.81. The van der Waals surface area contributed by atoms with Crippen LogP contribution in [0.1, 0.15) is 36.0 Å². The van der Waals surface area contributed by atoms with Crippen molar-refractivity contribution in [1.82, 2.24) is 5.32 Å². The SMILES string of the molecule is CC(CC(=O)Nc1ccc(CC(=O)O)cc1)NC(=O)OCC1c2ccccc2-c2ccccc21. The maximum absolute atomic E-state index is 12.4. The molecule has 3 aromatic rings. The number of anilines is 1. The summed E-state index contributed by atoms with van der Waals surface area (Å²) in [6.45, 7) is 1.94. The van der Waals surface area contributed by atoms with Gasteiger partial charge in [0, 0.05) is 24.1 Å². The number of amides is 2. The molecule has 0 radical (unpaired) electrons. The molecule has 1 aliphatic carbocycles. The third kappa shape index (κ3) is 5.43. The highest BCUT2D eigenvalue weighted by Crippen LogP contribution is 2.44. The van der Waals surface area contributed by atoms with E-state index in [1.54, 1.807) is 31.2 Å². The van der Waals surface area contributed by atoms with E-state index in [-0.39, 0.29) is 31.3 Å². The number of ether oxygens (including phenoxy) is 1. The van der Waals surface area contributed by atoms with Crippen molar-refractivity contribution in [1.29, 1.82) is 0 Å². The highest BCUT2D eigenvalue weighted by atomic mass is 16.5. The Balaban J connectivity index is 1.27. The predicted octanol–water partition coefficient (Wildman–Crippen LogP) is 4.57. The quantitative estimate of drug-likeness (QED) is 0.459. The molecule has 174 valence electrons. The second-order valence-corrected chi connectivity index (χ2v) is 8.39. The summed E-state index contributed by atoms with van der Waals surface area (Å²) in [6, 6.07) is 22.4. The Kier molecular flexibility index (Phi) is 6.92. The van der Waals surface area contributed by atoms with E-state index in [9.17, 15) is 14.4 Å². The van der Waals surface area contributed by atoms with Gasteiger partial charge in [-0.2, -0.15) is 0 Å². The molecule has 1 unspecified atom stereocenters. The van der Waals surface area contributed by atoms with Gasteiger partial charge in [-0.15, -0.1) is 0 Å². The number of carboxylic acid groups (broad SMARTS) is 1. The lowest BCUT2D eigenvalue weighted by Gasteiger charge is -2.17. The average Bonchev–Trinajstić information content (AvgIpc) is 3.12. The zero-order valence-electron chi connectivity index (χ0n) is 18.8. The monoisotopic (exact) mass is 458 g/mol. The molecule has 0 bridgehead atoms. The fourth-order valence-electron chi connectivity index (χ4n) is 4.26. The van der Waals surface area contributed by atoms with Crippen molar-refractivity contribution in [2.45, 2.75) is 31.7 Å². The van der Waals surface area contributed by atoms with Crippen LogP contribution in [0, 0.1) is 0 Å². The Morgan fingerprint density at radius 3 is 2.09 bits per heavy atom. The van der Waals surface area contributed by atoms with Crippen molar-refractivity contribution >= 4 is 23.7 Å². The highest BCUT2D eigenvalue weighted by Gasteiger charge is 2.29. The molecule has 3 aromatic carbocycles. The molecule has 3 N–H and O–H groups in total. The molecule has 0 fully saturated rings. The molecule has 1 aliphatic rings. The van der Waals surface area contributed by atoms with Crippen LogP contribution in [-0.2, 0) is 20.7 Å². The molecule has 0 heterocycles. The van der Waals surface area contributed by atoms with Gasteiger partial charge in [-0.25, -0.2) is 4.79 Å². The number of carboxylic acids is 1. The molecular weight excluding hydrogens is 432 g/mol. The number of hydrogen-bond acceptors (Lipinski definition) is 4. The highest BCUT2D eigenvalue weighted by molar-refractivity contribution is 5.91. The van der Waals surface area contributed by atoms with Gasteiger partial charge in [-0.3, -0.25) is 9.59 Å². The second-order valence-electron chi connectivity index (χ2n) is 8.39. The van der Waals surface area contributed by atoms with Crippen LogP contribution in [0.15, 0.2) is 72.8 Å². The van der Waals surface area contributed by atoms with E-state index in [4.69, 9.17) is 9.84 Å². The number of nitrogens with one attached hydrogen (secondary N) is 2. The van der Waals surface area contributed by atoms with Crippen LogP contribution in [0.2, 0.25) is 0 Å². The van der Waals surface area contributed by atoms with Crippen LogP contribution in [0.25, 0.3) is 11.1 Å². The number of hydrogen-bond donors (Lipinski definition) is 3. The molecule has 0 aliphatic heterocycles. The number of fused-ring (bicyclic) bond motifs is 3. The van der Waals surface area contributed by atoms with Gasteiger partial charge in [0.05, 0.1) is 6.42 Å². The largest absolute Gasteiger partial charge is 0.481 e. The number of aliphatic carboxylic acids is 1. The third-order valence-corrected chi connectivity index (χ3v) is 5.79. The van der Waals surface area contributed by atoms with Crippen molar-refractivity contribution in [3.8, 4) is 11.1 Å². The Labute approximate surface area is 197 Å². The number of benzene rings is 3. The minimum absolute atomic E-state index is 0.0270. The summed E-state index contributed by atoms with van der Waals surface area (Å²) >= 11 is 0. The van der Waals surface area contributed by atoms with Gasteiger partial charge in [0.15, 0.2) is 0 Å². The van der Waals surface area contributed by atoms with Gasteiger partial charge in [0.2, 0.25) is 5.91 Å². The summed E-state index contributed by atoms with van der Waals surface area (Å²) < 4.78 is 5.53. The van der Waals surface area contributed by atoms with Gasteiger partial charge >= 0.3 is 12.1 Å². The summed E-state index contributed by atoms with van der Waals surface area (Å²) in [5.74, 6) is -1.21. The first-order chi connectivity index (χ1) is 16.4. The zero-order valence-corrected chi connectivity index (χ0v) is 18.8. The standard InChI is InChI=1S/C27H26N2O5/c1-17(14-25(30)29-19-12-10-18(11-13-19)15-26(31)32)28-27(33)34-16-24-22-8-4-2-6-20(22)21-7-3-5-9-23(21)24/h2-13,17,24H,14-16H2,1H3,(H,28,33)(H,29,30)(H,31,32). The van der Waals surface area contributed by atoms with Crippen LogP contribution in [0.5, 0.6) is 0 Å². The number of rotatable bonds is 8. The van der Waals surface area contributed by atoms with E-state index in [1.165, 1.54) is 0 Å². The maximum Gasteiger partial charge on any atom is 0.407 e. The molecule has 7 nitrogen and oxygen atoms in total. The van der Waals surface area contributed by atoms with Crippen LogP contribution in [0.4, 0.5) is 10.5 Å². The fourth-order valence-corrected chi connectivity index (χ4v) is 4.26. The van der Waals surface area contributed by atoms with Crippen LogP contribution >= 0.6 is 0 Å². The van der Waals surface area contributed by atoms with Crippen LogP contribution in [0.3, 0.4) is 0 Å². The van der Waals surface area contributed by atoms with Crippen molar-refractivity contribution < 1.29 is 24.2 Å². The van der Waals surface area contributed by atoms with Gasteiger partial charge < -0.3 is 20.5 Å². The van der Waals surface area contributed by atoms with Gasteiger partial charge in [-0.1, -0.05) is 60.7 Å². The van der Waals surface area contributed by atoms with Crippen molar-refractivity contribution in [3.05, 3.63) is 89.5 Å². The van der Waals surface area contributed by atoms with Crippen molar-refractivity contribution in [3.63, 3.8) is 0 Å². The molecule has 4 rings (SSSR count). The molecule has 0 saturated heterocycles. The lowest BCUT2D eigenvalue weighted by atomic mass is 9.98. The summed E-state index contributed by atoms with van der Waals surface area (Å²) in [6.07, 6.45) is -0.573. The first-order valence-corrected chi connectivity index (χ1v) is 11.1. The maximum atomic E-state index is 12.4. The van der Waals surface area contributed by atoms with E-state index in [1.807, 2.05) is 24.3 Å². The summed E-state index contributed by atoms with van der Waals surface area (Å²) in [5, 5.41) is 14.3. The average molecular weight is 459 g/mol. The first-order valence-electron chi connectivity index (χ1n) is 11.1. The second kappa shape index (κ2) is 10.2. The normalized spacial score (nSPS) is 12.9. The van der Waals surface area contributed by atoms with Gasteiger partial charge in [0.1, 0.15) is 6.61 Å². The summed E-state index contributed by atoms with van der Waals surface area (Å²) in [4.78, 5) is 35.5. The minimum Gasteiger partial charge on any atom is -0.481 e. The van der Waals surface area contributed by atoms with Crippen molar-refractivity contribution in [2.75, 3.05) is 11.9 Å². The first kappa shape index (κ1) is 23.0. The minimum atomic E-state index is -0.912. The molecule has 0 spiro atoms. The summed E-state index contributed by atoms with van der Waals surface area (Å²) in [7, 11) is 0. The number of carbonyl (C=O) groups excluding carboxylic acids is 2. The molecular formula is C27H26N2O5. The van der Waals surface area contributed by atoms with Crippen LogP contribution in [-0.4, -0.2) is 35.7 Å². The van der Waals surface area contributed by atoms with Gasteiger partial charge in [0.25, 0.3) is 0 Å². The molecule has 1 atom stereocenters. The molecule has 0 aromatic heterocycles. The smallest absolute Gasteiger partial charge is 0.407 e. The lowest BCUT2D eigenvalue weighted by Crippen LogP contribution is -2.36. The molecule has 7 heteroatoms. The third-order valence-electron chi connectivity index (χ3n) is 5.79. The Morgan fingerprint density at radius 1 is 0.912 bits per heavy atom. The van der Waals surface area contributed by atoms with E-state index < -0.39 is 18.1 Å². The Morgan fingerprint density at radius 2 is 1.50 bits per heavy atom. The number of alkyl carbamates (subject to hydrolysis) is 1. The van der Waals surface area contributed by atoms with E-state index in [0.717, 1.165) is 22.3 Å². The van der Waals surface area contributed by atoms with Crippen LogP contribution < -0.4 is 10.6 Å². The Hall–Kier alpha value is -4.13.